The minimum Gasteiger partial charge on any atom is -0.497 e. The molecule has 7 nitrogen and oxygen atoms in total. The van der Waals surface area contributed by atoms with Crippen molar-refractivity contribution in [1.29, 1.82) is 0 Å². The third-order valence-electron chi connectivity index (χ3n) is 4.75. The molecule has 1 aliphatic rings. The van der Waals surface area contributed by atoms with E-state index in [1.807, 2.05) is 18.2 Å². The van der Waals surface area contributed by atoms with E-state index in [1.54, 1.807) is 51.2 Å². The number of nitrogens with zero attached hydrogens (tertiary/aromatic N) is 1. The van der Waals surface area contributed by atoms with Crippen LogP contribution >= 0.6 is 0 Å². The maximum Gasteiger partial charge on any atom is 0.246 e. The molecule has 1 heterocycles. The second kappa shape index (κ2) is 8.21. The predicted molar refractivity (Wildman–Crippen MR) is 109 cm³/mol. The predicted octanol–water partition coefficient (Wildman–Crippen LogP) is 3.05. The van der Waals surface area contributed by atoms with Gasteiger partial charge in [-0.15, -0.1) is 0 Å². The van der Waals surface area contributed by atoms with Crippen LogP contribution in [-0.2, 0) is 16.0 Å². The Morgan fingerprint density at radius 2 is 1.71 bits per heavy atom. The first-order valence-corrected chi connectivity index (χ1v) is 9.12. The van der Waals surface area contributed by atoms with E-state index >= 15 is 0 Å². The quantitative estimate of drug-likeness (QED) is 0.801. The Balaban J connectivity index is 1.67. The first-order valence-electron chi connectivity index (χ1n) is 9.12. The standard InChI is InChI=1S/C21H25N3O4/c1-13(21(26)23-17-10-18(27-3)12-19(11-17)28-4)22-16-5-6-20-15(9-16)7-8-24(20)14(2)25/h5-6,9-13,22H,7-8H2,1-4H3,(H,23,26)/t13-/m1/s1. The number of ether oxygens (including phenoxy) is 2. The fourth-order valence-corrected chi connectivity index (χ4v) is 3.26. The number of hydrogen-bond donors (Lipinski definition) is 2. The molecule has 0 aliphatic carbocycles. The van der Waals surface area contributed by atoms with Gasteiger partial charge in [-0.3, -0.25) is 9.59 Å². The third kappa shape index (κ3) is 4.19. The number of nitrogens with one attached hydrogen (secondary N) is 2. The van der Waals surface area contributed by atoms with Gasteiger partial charge in [0.05, 0.1) is 14.2 Å². The first kappa shape index (κ1) is 19.5. The Hall–Kier alpha value is -3.22. The highest BCUT2D eigenvalue weighted by molar-refractivity contribution is 5.97. The van der Waals surface area contributed by atoms with Crippen LogP contribution in [0.1, 0.15) is 19.4 Å². The van der Waals surface area contributed by atoms with E-state index < -0.39 is 6.04 Å². The molecule has 0 aromatic heterocycles. The molecule has 2 N–H and O–H groups in total. The Kier molecular flexibility index (Phi) is 5.73. The van der Waals surface area contributed by atoms with Crippen molar-refractivity contribution in [1.82, 2.24) is 0 Å². The largest absolute Gasteiger partial charge is 0.497 e. The van der Waals surface area contributed by atoms with E-state index in [-0.39, 0.29) is 11.8 Å². The normalized spacial score (nSPS) is 13.5. The van der Waals surface area contributed by atoms with E-state index in [4.69, 9.17) is 9.47 Å². The molecule has 1 aliphatic heterocycles. The molecule has 0 saturated heterocycles. The van der Waals surface area contributed by atoms with E-state index in [0.717, 1.165) is 23.4 Å². The van der Waals surface area contributed by atoms with Crippen molar-refractivity contribution >= 4 is 28.9 Å². The van der Waals surface area contributed by atoms with Crippen molar-refractivity contribution in [3.8, 4) is 11.5 Å². The first-order chi connectivity index (χ1) is 13.4. The highest BCUT2D eigenvalue weighted by atomic mass is 16.5. The number of benzene rings is 2. The summed E-state index contributed by atoms with van der Waals surface area (Å²) >= 11 is 0. The van der Waals surface area contributed by atoms with Gasteiger partial charge in [0.15, 0.2) is 0 Å². The maximum atomic E-state index is 12.6. The van der Waals surface area contributed by atoms with Crippen LogP contribution in [0.2, 0.25) is 0 Å². The molecule has 28 heavy (non-hydrogen) atoms. The summed E-state index contributed by atoms with van der Waals surface area (Å²) in [6.07, 6.45) is 0.814. The molecular weight excluding hydrogens is 358 g/mol. The van der Waals surface area contributed by atoms with Crippen molar-refractivity contribution in [3.05, 3.63) is 42.0 Å². The third-order valence-corrected chi connectivity index (χ3v) is 4.75. The van der Waals surface area contributed by atoms with Crippen molar-refractivity contribution in [3.63, 3.8) is 0 Å². The summed E-state index contributed by atoms with van der Waals surface area (Å²) in [6, 6.07) is 10.6. The van der Waals surface area contributed by atoms with Crippen LogP contribution in [0.5, 0.6) is 11.5 Å². The number of rotatable bonds is 6. The van der Waals surface area contributed by atoms with Crippen molar-refractivity contribution in [2.45, 2.75) is 26.3 Å². The smallest absolute Gasteiger partial charge is 0.246 e. The molecule has 1 atom stereocenters. The average molecular weight is 383 g/mol. The Morgan fingerprint density at radius 1 is 1.04 bits per heavy atom. The minimum absolute atomic E-state index is 0.0425. The Labute approximate surface area is 164 Å². The Morgan fingerprint density at radius 3 is 2.32 bits per heavy atom. The molecule has 0 saturated carbocycles. The topological polar surface area (TPSA) is 79.9 Å². The number of hydrogen-bond acceptors (Lipinski definition) is 5. The second-order valence-electron chi connectivity index (χ2n) is 6.72. The van der Waals surface area contributed by atoms with Gasteiger partial charge in [-0.1, -0.05) is 0 Å². The molecule has 0 unspecified atom stereocenters. The molecule has 3 rings (SSSR count). The zero-order valence-electron chi connectivity index (χ0n) is 16.5. The number of anilines is 3. The number of fused-ring (bicyclic) bond motifs is 1. The van der Waals surface area contributed by atoms with Gasteiger partial charge in [-0.25, -0.2) is 0 Å². The van der Waals surface area contributed by atoms with E-state index in [2.05, 4.69) is 10.6 Å². The zero-order chi connectivity index (χ0) is 20.3. The summed E-state index contributed by atoms with van der Waals surface area (Å²) in [5.74, 6) is 1.06. The average Bonchev–Trinajstić information content (AvgIpc) is 3.11. The fraction of sp³-hybridized carbons (Fsp3) is 0.333. The van der Waals surface area contributed by atoms with Crippen LogP contribution in [0, 0.1) is 0 Å². The Bertz CT molecular complexity index is 875. The molecule has 2 amide bonds. The number of carbonyl (C=O) groups excluding carboxylic acids is 2. The van der Waals surface area contributed by atoms with Gasteiger partial charge in [0.1, 0.15) is 17.5 Å². The zero-order valence-corrected chi connectivity index (χ0v) is 16.5. The molecule has 0 fully saturated rings. The lowest BCUT2D eigenvalue weighted by Gasteiger charge is -2.18. The van der Waals surface area contributed by atoms with Gasteiger partial charge in [0.2, 0.25) is 11.8 Å². The van der Waals surface area contributed by atoms with Crippen LogP contribution in [0.15, 0.2) is 36.4 Å². The van der Waals surface area contributed by atoms with Crippen molar-refractivity contribution < 1.29 is 19.1 Å². The molecule has 0 radical (unpaired) electrons. The van der Waals surface area contributed by atoms with Gasteiger partial charge in [-0.05, 0) is 37.1 Å². The van der Waals surface area contributed by atoms with Gasteiger partial charge in [0, 0.05) is 48.7 Å². The molecule has 0 spiro atoms. The number of amides is 2. The minimum atomic E-state index is -0.458. The lowest BCUT2D eigenvalue weighted by molar-refractivity contribution is -0.117. The monoisotopic (exact) mass is 383 g/mol. The SMILES string of the molecule is COc1cc(NC(=O)[C@@H](C)Nc2ccc3c(c2)CCN3C(C)=O)cc(OC)c1. The van der Waals surface area contributed by atoms with Crippen LogP contribution in [-0.4, -0.2) is 38.6 Å². The van der Waals surface area contributed by atoms with Gasteiger partial charge < -0.3 is 25.0 Å². The van der Waals surface area contributed by atoms with E-state index in [1.165, 1.54) is 0 Å². The van der Waals surface area contributed by atoms with Crippen molar-refractivity contribution in [2.75, 3.05) is 36.3 Å². The molecule has 148 valence electrons. The number of carbonyl (C=O) groups is 2. The lowest BCUT2D eigenvalue weighted by Crippen LogP contribution is -2.31. The van der Waals surface area contributed by atoms with E-state index in [0.29, 0.717) is 23.7 Å². The summed E-state index contributed by atoms with van der Waals surface area (Å²) < 4.78 is 10.5. The number of methoxy groups -OCH3 is 2. The van der Waals surface area contributed by atoms with Crippen LogP contribution in [0.25, 0.3) is 0 Å². The lowest BCUT2D eigenvalue weighted by atomic mass is 10.1. The highest BCUT2D eigenvalue weighted by Crippen LogP contribution is 2.31. The summed E-state index contributed by atoms with van der Waals surface area (Å²) in [4.78, 5) is 26.0. The second-order valence-corrected chi connectivity index (χ2v) is 6.72. The summed E-state index contributed by atoms with van der Waals surface area (Å²) in [5.41, 5.74) is 3.49. The van der Waals surface area contributed by atoms with E-state index in [9.17, 15) is 9.59 Å². The van der Waals surface area contributed by atoms with Crippen LogP contribution in [0.4, 0.5) is 17.1 Å². The van der Waals surface area contributed by atoms with Crippen molar-refractivity contribution in [2.24, 2.45) is 0 Å². The van der Waals surface area contributed by atoms with Gasteiger partial charge in [0.25, 0.3) is 0 Å². The maximum absolute atomic E-state index is 12.6. The molecule has 0 bridgehead atoms. The fourth-order valence-electron chi connectivity index (χ4n) is 3.26. The summed E-state index contributed by atoms with van der Waals surface area (Å²) in [5, 5.41) is 6.09. The highest BCUT2D eigenvalue weighted by Gasteiger charge is 2.22. The van der Waals surface area contributed by atoms with Gasteiger partial charge >= 0.3 is 0 Å². The molecular formula is C21H25N3O4. The van der Waals surface area contributed by atoms with Crippen LogP contribution < -0.4 is 25.0 Å². The molecule has 2 aromatic carbocycles. The summed E-state index contributed by atoms with van der Waals surface area (Å²) in [6.45, 7) is 4.06. The van der Waals surface area contributed by atoms with Gasteiger partial charge in [-0.2, -0.15) is 0 Å². The summed E-state index contributed by atoms with van der Waals surface area (Å²) in [7, 11) is 3.12. The molecule has 7 heteroatoms. The molecule has 2 aromatic rings. The van der Waals surface area contributed by atoms with Crippen LogP contribution in [0.3, 0.4) is 0 Å².